The second kappa shape index (κ2) is 3.73. The zero-order valence-electron chi connectivity index (χ0n) is 8.37. The van der Waals surface area contributed by atoms with Crippen LogP contribution in [0.3, 0.4) is 0 Å². The topological polar surface area (TPSA) is 20.2 Å². The molecule has 2 heteroatoms. The van der Waals surface area contributed by atoms with Gasteiger partial charge in [-0.05, 0) is 18.1 Å². The highest BCUT2D eigenvalue weighted by molar-refractivity contribution is 5.66. The lowest BCUT2D eigenvalue weighted by molar-refractivity contribution is 0.430. The van der Waals surface area contributed by atoms with Gasteiger partial charge in [0.25, 0.3) is 0 Å². The maximum absolute atomic E-state index is 13.7. The van der Waals surface area contributed by atoms with Crippen LogP contribution in [-0.2, 0) is 0 Å². The molecule has 0 unspecified atom stereocenters. The van der Waals surface area contributed by atoms with E-state index >= 15 is 0 Å². The molecule has 0 aromatic heterocycles. The molecule has 0 heterocycles. The number of rotatable bonds is 1. The number of aromatic hydroxyl groups is 1. The van der Waals surface area contributed by atoms with Gasteiger partial charge in [0, 0.05) is 5.56 Å². The molecule has 1 nitrogen and oxygen atoms in total. The summed E-state index contributed by atoms with van der Waals surface area (Å²) in [7, 11) is 0. The van der Waals surface area contributed by atoms with Crippen LogP contribution in [0.4, 0.5) is 4.39 Å². The van der Waals surface area contributed by atoms with Gasteiger partial charge in [-0.25, -0.2) is 4.39 Å². The normalized spacial score (nSPS) is 10.3. The van der Waals surface area contributed by atoms with E-state index in [9.17, 15) is 9.50 Å². The molecule has 0 saturated heterocycles. The highest BCUT2D eigenvalue weighted by atomic mass is 19.1. The van der Waals surface area contributed by atoms with E-state index in [-0.39, 0.29) is 5.75 Å². The lowest BCUT2D eigenvalue weighted by Gasteiger charge is -2.06. The van der Waals surface area contributed by atoms with E-state index in [1.165, 1.54) is 0 Å². The lowest BCUT2D eigenvalue weighted by Crippen LogP contribution is -1.87. The Kier molecular flexibility index (Phi) is 2.42. The second-order valence-corrected chi connectivity index (χ2v) is 3.46. The Bertz CT molecular complexity index is 477. The third-order valence-corrected chi connectivity index (χ3v) is 2.40. The Morgan fingerprint density at radius 3 is 2.33 bits per heavy atom. The first-order valence-electron chi connectivity index (χ1n) is 4.73. The van der Waals surface area contributed by atoms with Crippen LogP contribution < -0.4 is 0 Å². The Morgan fingerprint density at radius 1 is 1.00 bits per heavy atom. The van der Waals surface area contributed by atoms with Gasteiger partial charge in [0.15, 0.2) is 11.6 Å². The molecule has 0 aliphatic heterocycles. The molecule has 0 atom stereocenters. The molecule has 0 spiro atoms. The van der Waals surface area contributed by atoms with Crippen molar-refractivity contribution in [1.29, 1.82) is 0 Å². The van der Waals surface area contributed by atoms with E-state index in [1.54, 1.807) is 19.1 Å². The number of phenols is 1. The summed E-state index contributed by atoms with van der Waals surface area (Å²) in [5.74, 6) is -0.822. The fourth-order valence-electron chi connectivity index (χ4n) is 1.50. The Balaban J connectivity index is 2.60. The average Bonchev–Trinajstić information content (AvgIpc) is 2.27. The molecule has 2 aromatic carbocycles. The molecule has 0 aliphatic rings. The Labute approximate surface area is 87.8 Å². The van der Waals surface area contributed by atoms with Crippen LogP contribution in [0, 0.1) is 12.7 Å². The summed E-state index contributed by atoms with van der Waals surface area (Å²) < 4.78 is 13.7. The minimum Gasteiger partial charge on any atom is -0.505 e. The van der Waals surface area contributed by atoms with E-state index in [0.29, 0.717) is 11.1 Å². The molecule has 0 saturated carbocycles. The zero-order chi connectivity index (χ0) is 10.8. The van der Waals surface area contributed by atoms with Crippen LogP contribution >= 0.6 is 0 Å². The van der Waals surface area contributed by atoms with Gasteiger partial charge in [0.2, 0.25) is 0 Å². The predicted octanol–water partition coefficient (Wildman–Crippen LogP) is 3.51. The van der Waals surface area contributed by atoms with Crippen molar-refractivity contribution < 1.29 is 9.50 Å². The van der Waals surface area contributed by atoms with E-state index in [1.807, 2.05) is 30.3 Å². The van der Waals surface area contributed by atoms with Crippen molar-refractivity contribution in [2.24, 2.45) is 0 Å². The highest BCUT2D eigenvalue weighted by Crippen LogP contribution is 2.30. The van der Waals surface area contributed by atoms with Crippen molar-refractivity contribution in [2.75, 3.05) is 0 Å². The highest BCUT2D eigenvalue weighted by Gasteiger charge is 2.10. The summed E-state index contributed by atoms with van der Waals surface area (Å²) in [6.45, 7) is 1.67. The lowest BCUT2D eigenvalue weighted by atomic mass is 10.0. The van der Waals surface area contributed by atoms with Gasteiger partial charge in [-0.3, -0.25) is 0 Å². The molecule has 0 radical (unpaired) electrons. The summed E-state index contributed by atoms with van der Waals surface area (Å²) >= 11 is 0. The van der Waals surface area contributed by atoms with Gasteiger partial charge in [0.05, 0.1) is 0 Å². The summed E-state index contributed by atoms with van der Waals surface area (Å²) in [4.78, 5) is 0. The molecule has 0 aliphatic carbocycles. The third-order valence-electron chi connectivity index (χ3n) is 2.40. The van der Waals surface area contributed by atoms with Crippen LogP contribution in [0.15, 0.2) is 42.5 Å². The molecule has 0 bridgehead atoms. The summed E-state index contributed by atoms with van der Waals surface area (Å²) in [5.41, 5.74) is 1.75. The van der Waals surface area contributed by atoms with Gasteiger partial charge >= 0.3 is 0 Å². The van der Waals surface area contributed by atoms with Crippen LogP contribution in [0.5, 0.6) is 5.75 Å². The standard InChI is InChI=1S/C13H11FO/c1-9-7-8-11(12(14)13(9)15)10-5-3-2-4-6-10/h2-8,15H,1H3. The number of hydrogen-bond acceptors (Lipinski definition) is 1. The van der Waals surface area contributed by atoms with Crippen LogP contribution in [0.2, 0.25) is 0 Å². The molecule has 0 amide bonds. The number of hydrogen-bond donors (Lipinski definition) is 1. The van der Waals surface area contributed by atoms with Gasteiger partial charge < -0.3 is 5.11 Å². The average molecular weight is 202 g/mol. The van der Waals surface area contributed by atoms with Crippen molar-refractivity contribution in [3.63, 3.8) is 0 Å². The molecular weight excluding hydrogens is 191 g/mol. The predicted molar refractivity (Wildman–Crippen MR) is 58.2 cm³/mol. The van der Waals surface area contributed by atoms with Gasteiger partial charge in [-0.2, -0.15) is 0 Å². The summed E-state index contributed by atoms with van der Waals surface area (Å²) in [6.07, 6.45) is 0. The minimum atomic E-state index is -0.554. The Hall–Kier alpha value is -1.83. The maximum atomic E-state index is 13.7. The third kappa shape index (κ3) is 1.71. The monoisotopic (exact) mass is 202 g/mol. The number of halogens is 1. The molecule has 15 heavy (non-hydrogen) atoms. The molecule has 2 aromatic rings. The SMILES string of the molecule is Cc1ccc(-c2ccccc2)c(F)c1O. The van der Waals surface area contributed by atoms with Crippen molar-refractivity contribution in [2.45, 2.75) is 6.92 Å². The van der Waals surface area contributed by atoms with Gasteiger partial charge in [0.1, 0.15) is 0 Å². The Morgan fingerprint density at radius 2 is 1.67 bits per heavy atom. The smallest absolute Gasteiger partial charge is 0.172 e. The van der Waals surface area contributed by atoms with Crippen molar-refractivity contribution >= 4 is 0 Å². The fourth-order valence-corrected chi connectivity index (χ4v) is 1.50. The van der Waals surface area contributed by atoms with E-state index in [0.717, 1.165) is 5.56 Å². The fraction of sp³-hybridized carbons (Fsp3) is 0.0769. The molecule has 1 N–H and O–H groups in total. The maximum Gasteiger partial charge on any atom is 0.172 e. The molecular formula is C13H11FO. The first kappa shape index (κ1) is 9.71. The number of phenolic OH excluding ortho intramolecular Hbond substituents is 1. The largest absolute Gasteiger partial charge is 0.505 e. The van der Waals surface area contributed by atoms with Gasteiger partial charge in [-0.1, -0.05) is 42.5 Å². The van der Waals surface area contributed by atoms with Crippen molar-refractivity contribution in [1.82, 2.24) is 0 Å². The number of aryl methyl sites for hydroxylation is 1. The molecule has 0 fully saturated rings. The van der Waals surface area contributed by atoms with Crippen molar-refractivity contribution in [3.05, 3.63) is 53.8 Å². The van der Waals surface area contributed by atoms with E-state index in [4.69, 9.17) is 0 Å². The molecule has 2 rings (SSSR count). The quantitative estimate of drug-likeness (QED) is 0.750. The number of benzene rings is 2. The van der Waals surface area contributed by atoms with Crippen LogP contribution in [0.1, 0.15) is 5.56 Å². The second-order valence-electron chi connectivity index (χ2n) is 3.46. The first-order valence-corrected chi connectivity index (χ1v) is 4.73. The first-order chi connectivity index (χ1) is 7.20. The van der Waals surface area contributed by atoms with E-state index in [2.05, 4.69) is 0 Å². The summed E-state index contributed by atoms with van der Waals surface area (Å²) in [6, 6.07) is 12.6. The van der Waals surface area contributed by atoms with Crippen LogP contribution in [-0.4, -0.2) is 5.11 Å². The minimum absolute atomic E-state index is 0.267. The van der Waals surface area contributed by atoms with E-state index < -0.39 is 5.82 Å². The molecule has 76 valence electrons. The van der Waals surface area contributed by atoms with Gasteiger partial charge in [-0.15, -0.1) is 0 Å². The van der Waals surface area contributed by atoms with Crippen LogP contribution in [0.25, 0.3) is 11.1 Å². The van der Waals surface area contributed by atoms with Crippen molar-refractivity contribution in [3.8, 4) is 16.9 Å². The zero-order valence-corrected chi connectivity index (χ0v) is 8.37. The summed E-state index contributed by atoms with van der Waals surface area (Å²) in [5, 5.41) is 9.47.